The van der Waals surface area contributed by atoms with Gasteiger partial charge < -0.3 is 15.0 Å². The fourth-order valence-corrected chi connectivity index (χ4v) is 6.07. The van der Waals surface area contributed by atoms with E-state index in [9.17, 15) is 18.0 Å². The Morgan fingerprint density at radius 2 is 1.64 bits per heavy atom. The molecule has 2 amide bonds. The van der Waals surface area contributed by atoms with Gasteiger partial charge in [0.2, 0.25) is 11.8 Å². The second-order valence-corrected chi connectivity index (χ2v) is 11.3. The number of likely N-dealkylation sites (N-methyl/N-ethyl adjacent to an activating group) is 1. The van der Waals surface area contributed by atoms with Crippen LogP contribution in [-0.4, -0.2) is 51.4 Å². The van der Waals surface area contributed by atoms with Gasteiger partial charge in [0.25, 0.3) is 10.0 Å². The predicted octanol–water partition coefficient (Wildman–Crippen LogP) is 5.14. The first kappa shape index (κ1) is 30.3. The van der Waals surface area contributed by atoms with Crippen molar-refractivity contribution >= 4 is 50.7 Å². The van der Waals surface area contributed by atoms with E-state index in [-0.39, 0.29) is 28.1 Å². The number of methoxy groups -OCH3 is 1. The van der Waals surface area contributed by atoms with Crippen molar-refractivity contribution in [2.24, 2.45) is 0 Å². The van der Waals surface area contributed by atoms with Crippen molar-refractivity contribution in [1.82, 2.24) is 10.2 Å². The van der Waals surface area contributed by atoms with Crippen LogP contribution in [0.15, 0.2) is 77.7 Å². The van der Waals surface area contributed by atoms with Crippen molar-refractivity contribution in [3.63, 3.8) is 0 Å². The monoisotopic (exact) mass is 591 g/mol. The van der Waals surface area contributed by atoms with Crippen molar-refractivity contribution < 1.29 is 22.7 Å². The molecule has 0 aliphatic rings. The Morgan fingerprint density at radius 3 is 2.21 bits per heavy atom. The number of rotatable bonds is 12. The number of carbonyl (C=O) groups excluding carboxylic acids is 2. The number of amides is 2. The molecule has 0 fully saturated rings. The first-order valence-electron chi connectivity index (χ1n) is 12.3. The summed E-state index contributed by atoms with van der Waals surface area (Å²) in [7, 11) is -2.67. The summed E-state index contributed by atoms with van der Waals surface area (Å²) in [6.45, 7) is 3.45. The summed E-state index contributed by atoms with van der Waals surface area (Å²) in [5.74, 6) is -0.261. The van der Waals surface area contributed by atoms with Gasteiger partial charge in [0, 0.05) is 18.1 Å². The SMILES string of the molecule is CCNC(=O)[C@@H](CC)N(Cc1ccc(OC)cc1)C(=O)CN(c1ccc(Cl)cc1Cl)S(=O)(=O)c1ccccc1. The van der Waals surface area contributed by atoms with Crippen molar-refractivity contribution in [3.05, 3.63) is 88.4 Å². The lowest BCUT2D eigenvalue weighted by molar-refractivity contribution is -0.140. The standard InChI is InChI=1S/C28H31Cl2N3O5S/c1-4-25(28(35)31-5-2)32(18-20-11-14-22(38-3)15-12-20)27(34)19-33(26-16-13-21(29)17-24(26)30)39(36,37)23-9-7-6-8-10-23/h6-17,25H,4-5,18-19H2,1-3H3,(H,31,35)/t25-/m1/s1. The van der Waals surface area contributed by atoms with Crippen LogP contribution in [0.4, 0.5) is 5.69 Å². The number of hydrogen-bond donors (Lipinski definition) is 1. The molecule has 0 aromatic heterocycles. The average molecular weight is 593 g/mol. The van der Waals surface area contributed by atoms with Gasteiger partial charge in [-0.05, 0) is 61.4 Å². The second kappa shape index (κ2) is 13.7. The van der Waals surface area contributed by atoms with Gasteiger partial charge in [-0.15, -0.1) is 0 Å². The fourth-order valence-electron chi connectivity index (χ4n) is 4.06. The number of ether oxygens (including phenoxy) is 1. The van der Waals surface area contributed by atoms with Gasteiger partial charge in [-0.3, -0.25) is 13.9 Å². The molecule has 0 bridgehead atoms. The molecule has 0 saturated carbocycles. The van der Waals surface area contributed by atoms with Crippen LogP contribution in [-0.2, 0) is 26.2 Å². The van der Waals surface area contributed by atoms with E-state index in [1.807, 2.05) is 0 Å². The molecule has 0 heterocycles. The molecule has 1 atom stereocenters. The molecule has 0 saturated heterocycles. The summed E-state index contributed by atoms with van der Waals surface area (Å²) in [4.78, 5) is 28.3. The third-order valence-corrected chi connectivity index (χ3v) is 8.35. The van der Waals surface area contributed by atoms with Crippen LogP contribution in [0, 0.1) is 0 Å². The van der Waals surface area contributed by atoms with E-state index >= 15 is 0 Å². The Kier molecular flexibility index (Phi) is 10.6. The zero-order valence-corrected chi connectivity index (χ0v) is 24.3. The largest absolute Gasteiger partial charge is 0.497 e. The van der Waals surface area contributed by atoms with Crippen LogP contribution in [0.25, 0.3) is 0 Å². The highest BCUT2D eigenvalue weighted by Gasteiger charge is 2.34. The Labute approximate surface area is 239 Å². The van der Waals surface area contributed by atoms with E-state index in [1.165, 1.54) is 35.2 Å². The van der Waals surface area contributed by atoms with Crippen LogP contribution in [0.1, 0.15) is 25.8 Å². The Hall–Kier alpha value is -3.27. The Bertz CT molecular complexity index is 1390. The molecular weight excluding hydrogens is 561 g/mol. The minimum absolute atomic E-state index is 0.0127. The lowest BCUT2D eigenvalue weighted by atomic mass is 10.1. The van der Waals surface area contributed by atoms with E-state index in [4.69, 9.17) is 27.9 Å². The van der Waals surface area contributed by atoms with Gasteiger partial charge in [-0.2, -0.15) is 0 Å². The lowest BCUT2D eigenvalue weighted by Crippen LogP contribution is -2.52. The molecule has 0 unspecified atom stereocenters. The van der Waals surface area contributed by atoms with Crippen molar-refractivity contribution in [2.45, 2.75) is 37.8 Å². The van der Waals surface area contributed by atoms with Crippen LogP contribution in [0.3, 0.4) is 0 Å². The molecule has 0 spiro atoms. The summed E-state index contributed by atoms with van der Waals surface area (Å²) in [5, 5.41) is 3.15. The van der Waals surface area contributed by atoms with Crippen molar-refractivity contribution in [1.29, 1.82) is 0 Å². The molecular formula is C28H31Cl2N3O5S. The molecule has 3 aromatic carbocycles. The Morgan fingerprint density at radius 1 is 0.974 bits per heavy atom. The number of hydrogen-bond acceptors (Lipinski definition) is 5. The van der Waals surface area contributed by atoms with Gasteiger partial charge in [0.1, 0.15) is 18.3 Å². The molecule has 3 aromatic rings. The molecule has 11 heteroatoms. The van der Waals surface area contributed by atoms with Gasteiger partial charge in [0.15, 0.2) is 0 Å². The van der Waals surface area contributed by atoms with E-state index in [0.717, 1.165) is 9.87 Å². The van der Waals surface area contributed by atoms with E-state index in [2.05, 4.69) is 5.32 Å². The quantitative estimate of drug-likeness (QED) is 0.314. The molecule has 208 valence electrons. The molecule has 39 heavy (non-hydrogen) atoms. The lowest BCUT2D eigenvalue weighted by Gasteiger charge is -2.33. The van der Waals surface area contributed by atoms with Crippen LogP contribution in [0.2, 0.25) is 10.0 Å². The molecule has 3 rings (SSSR count). The highest BCUT2D eigenvalue weighted by Crippen LogP contribution is 2.33. The normalized spacial score (nSPS) is 11.9. The molecule has 0 radical (unpaired) electrons. The molecule has 8 nitrogen and oxygen atoms in total. The summed E-state index contributed by atoms with van der Waals surface area (Å²) in [6, 6.07) is 18.4. The number of sulfonamides is 1. The minimum Gasteiger partial charge on any atom is -0.497 e. The predicted molar refractivity (Wildman–Crippen MR) is 154 cm³/mol. The summed E-state index contributed by atoms with van der Waals surface area (Å²) >= 11 is 12.5. The third kappa shape index (κ3) is 7.44. The smallest absolute Gasteiger partial charge is 0.264 e. The fraction of sp³-hybridized carbons (Fsp3) is 0.286. The number of benzene rings is 3. The van der Waals surface area contributed by atoms with Gasteiger partial charge >= 0.3 is 0 Å². The highest BCUT2D eigenvalue weighted by molar-refractivity contribution is 7.92. The zero-order chi connectivity index (χ0) is 28.6. The molecule has 1 N–H and O–H groups in total. The number of carbonyl (C=O) groups is 2. The average Bonchev–Trinajstić information content (AvgIpc) is 2.93. The van der Waals surface area contributed by atoms with Crippen LogP contribution < -0.4 is 14.4 Å². The Balaban J connectivity index is 2.07. The van der Waals surface area contributed by atoms with Crippen molar-refractivity contribution in [3.8, 4) is 5.75 Å². The number of anilines is 1. The van der Waals surface area contributed by atoms with E-state index in [1.54, 1.807) is 63.4 Å². The summed E-state index contributed by atoms with van der Waals surface area (Å²) in [5.41, 5.74) is 0.836. The van der Waals surface area contributed by atoms with E-state index < -0.39 is 28.5 Å². The highest BCUT2D eigenvalue weighted by atomic mass is 35.5. The minimum atomic E-state index is -4.22. The third-order valence-electron chi connectivity index (χ3n) is 6.04. The number of halogens is 2. The van der Waals surface area contributed by atoms with Crippen LogP contribution >= 0.6 is 23.2 Å². The van der Waals surface area contributed by atoms with Gasteiger partial charge in [0.05, 0.1) is 22.7 Å². The number of nitrogens with one attached hydrogen (secondary N) is 1. The first-order valence-corrected chi connectivity index (χ1v) is 14.5. The van der Waals surface area contributed by atoms with Gasteiger partial charge in [-0.1, -0.05) is 60.5 Å². The number of nitrogens with zero attached hydrogens (tertiary/aromatic N) is 2. The molecule has 0 aliphatic carbocycles. The zero-order valence-electron chi connectivity index (χ0n) is 21.9. The maximum atomic E-state index is 14.0. The van der Waals surface area contributed by atoms with Crippen molar-refractivity contribution in [2.75, 3.05) is 24.5 Å². The molecule has 0 aliphatic heterocycles. The van der Waals surface area contributed by atoms with Gasteiger partial charge in [-0.25, -0.2) is 8.42 Å². The first-order chi connectivity index (χ1) is 18.6. The summed E-state index contributed by atoms with van der Waals surface area (Å²) in [6.07, 6.45) is 0.320. The van der Waals surface area contributed by atoms with Crippen LogP contribution in [0.5, 0.6) is 5.75 Å². The maximum Gasteiger partial charge on any atom is 0.264 e. The summed E-state index contributed by atoms with van der Waals surface area (Å²) < 4.78 is 33.8. The van der Waals surface area contributed by atoms with E-state index in [0.29, 0.717) is 23.7 Å². The second-order valence-electron chi connectivity index (χ2n) is 8.61. The topological polar surface area (TPSA) is 96.0 Å². The maximum absolute atomic E-state index is 14.0.